The van der Waals surface area contributed by atoms with Gasteiger partial charge in [-0.1, -0.05) is 36.7 Å². The highest BCUT2D eigenvalue weighted by Crippen LogP contribution is 2.33. The van der Waals surface area contributed by atoms with Crippen LogP contribution in [0.3, 0.4) is 0 Å². The lowest BCUT2D eigenvalue weighted by molar-refractivity contribution is 0.274. The molecule has 2 aromatic heterocycles. The number of benzene rings is 1. The van der Waals surface area contributed by atoms with Crippen molar-refractivity contribution in [2.24, 2.45) is 0 Å². The number of aromatic amines is 1. The summed E-state index contributed by atoms with van der Waals surface area (Å²) in [5, 5.41) is 8.12. The molecule has 2 N–H and O–H groups in total. The molecule has 1 aromatic carbocycles. The Morgan fingerprint density at radius 2 is 2.30 bits per heavy atom. The zero-order valence-corrected chi connectivity index (χ0v) is 15.6. The van der Waals surface area contributed by atoms with Crippen molar-refractivity contribution < 1.29 is 4.74 Å². The number of fused-ring (bicyclic) bond motifs is 1. The molecule has 0 bridgehead atoms. The van der Waals surface area contributed by atoms with Gasteiger partial charge in [0.1, 0.15) is 5.75 Å². The summed E-state index contributed by atoms with van der Waals surface area (Å²) in [6.45, 7) is 3.21. The minimum atomic E-state index is -0.187. The molecule has 7 nitrogen and oxygen atoms in total. The number of ether oxygens (including phenoxy) is 1. The zero-order chi connectivity index (χ0) is 18.8. The van der Waals surface area contributed by atoms with Crippen LogP contribution < -0.4 is 15.6 Å². The fraction of sp³-hybridized carbons (Fsp3) is 0.316. The van der Waals surface area contributed by atoms with E-state index in [1.165, 1.54) is 6.07 Å². The van der Waals surface area contributed by atoms with E-state index >= 15 is 0 Å². The van der Waals surface area contributed by atoms with Gasteiger partial charge in [-0.05, 0) is 6.07 Å². The van der Waals surface area contributed by atoms with Gasteiger partial charge in [-0.25, -0.2) is 4.98 Å². The normalized spacial score (nSPS) is 17.0. The molecule has 0 fully saturated rings. The highest BCUT2D eigenvalue weighted by molar-refractivity contribution is 6.30. The minimum absolute atomic E-state index is 0.00536. The van der Waals surface area contributed by atoms with Gasteiger partial charge >= 0.3 is 0 Å². The van der Waals surface area contributed by atoms with Gasteiger partial charge in [-0.2, -0.15) is 5.10 Å². The van der Waals surface area contributed by atoms with Gasteiger partial charge in [0, 0.05) is 36.7 Å². The predicted molar refractivity (Wildman–Crippen MR) is 103 cm³/mol. The van der Waals surface area contributed by atoms with Gasteiger partial charge in [0.25, 0.3) is 5.56 Å². The van der Waals surface area contributed by atoms with E-state index in [0.29, 0.717) is 29.8 Å². The molecule has 0 radical (unpaired) electrons. The summed E-state index contributed by atoms with van der Waals surface area (Å²) in [6, 6.07) is 9.47. The maximum Gasteiger partial charge on any atom is 0.252 e. The number of hydrogen-bond acceptors (Lipinski definition) is 5. The summed E-state index contributed by atoms with van der Waals surface area (Å²) in [7, 11) is 0. The standard InChI is InChI=1S/C19H20ClN5O2/c1-12(10-25-11-13(20)9-21-25)16-8-18(26)24-19(23-16)22-15-6-7-27-17-5-3-2-4-14(15)17/h2-5,8-9,11-12,15H,6-7,10H2,1H3,(H2,22,23,24,26)/t12-,15-/m0/s1. The van der Waals surface area contributed by atoms with Crippen molar-refractivity contribution in [3.05, 3.63) is 69.4 Å². The lowest BCUT2D eigenvalue weighted by atomic mass is 10.0. The van der Waals surface area contributed by atoms with Crippen molar-refractivity contribution in [3.63, 3.8) is 0 Å². The molecule has 27 heavy (non-hydrogen) atoms. The second kappa shape index (κ2) is 7.44. The second-order valence-corrected chi connectivity index (χ2v) is 7.11. The molecule has 3 aromatic rings. The van der Waals surface area contributed by atoms with Gasteiger partial charge < -0.3 is 10.1 Å². The van der Waals surface area contributed by atoms with E-state index in [0.717, 1.165) is 17.7 Å². The maximum absolute atomic E-state index is 12.2. The summed E-state index contributed by atoms with van der Waals surface area (Å²) in [5.41, 5.74) is 1.58. The predicted octanol–water partition coefficient (Wildman–Crippen LogP) is 3.36. The van der Waals surface area contributed by atoms with Crippen LogP contribution in [0.2, 0.25) is 5.02 Å². The third-order valence-electron chi connectivity index (χ3n) is 4.60. The first-order chi connectivity index (χ1) is 13.1. The van der Waals surface area contributed by atoms with E-state index in [1.54, 1.807) is 17.1 Å². The molecule has 0 aliphatic carbocycles. The third kappa shape index (κ3) is 3.98. The van der Waals surface area contributed by atoms with Crippen LogP contribution in [-0.2, 0) is 6.54 Å². The number of anilines is 1. The first-order valence-corrected chi connectivity index (χ1v) is 9.24. The quantitative estimate of drug-likeness (QED) is 0.703. The number of halogens is 1. The summed E-state index contributed by atoms with van der Waals surface area (Å²) < 4.78 is 7.44. The van der Waals surface area contributed by atoms with E-state index < -0.39 is 0 Å². The molecule has 1 aliphatic rings. The van der Waals surface area contributed by atoms with Crippen LogP contribution in [0.1, 0.15) is 36.6 Å². The third-order valence-corrected chi connectivity index (χ3v) is 4.79. The van der Waals surface area contributed by atoms with Crippen molar-refractivity contribution >= 4 is 17.5 Å². The first kappa shape index (κ1) is 17.6. The SMILES string of the molecule is C[C@@H](Cn1cc(Cl)cn1)c1cc(=O)[nH]c(N[C@H]2CCOc3ccccc32)n1. The van der Waals surface area contributed by atoms with Crippen LogP contribution >= 0.6 is 11.6 Å². The lowest BCUT2D eigenvalue weighted by Gasteiger charge is -2.27. The van der Waals surface area contributed by atoms with Crippen LogP contribution in [0, 0.1) is 0 Å². The van der Waals surface area contributed by atoms with Crippen molar-refractivity contribution in [1.82, 2.24) is 19.7 Å². The maximum atomic E-state index is 12.2. The smallest absolute Gasteiger partial charge is 0.252 e. The summed E-state index contributed by atoms with van der Waals surface area (Å²) in [6.07, 6.45) is 4.14. The summed E-state index contributed by atoms with van der Waals surface area (Å²) >= 11 is 5.92. The Morgan fingerprint density at radius 3 is 3.11 bits per heavy atom. The van der Waals surface area contributed by atoms with Gasteiger partial charge in [0.05, 0.1) is 29.6 Å². The largest absolute Gasteiger partial charge is 0.493 e. The van der Waals surface area contributed by atoms with Crippen LogP contribution in [-0.4, -0.2) is 26.4 Å². The van der Waals surface area contributed by atoms with Crippen molar-refractivity contribution in [3.8, 4) is 5.75 Å². The van der Waals surface area contributed by atoms with Crippen LogP contribution in [0.25, 0.3) is 0 Å². The monoisotopic (exact) mass is 385 g/mol. The Labute approximate surface area is 161 Å². The molecule has 3 heterocycles. The highest BCUT2D eigenvalue weighted by atomic mass is 35.5. The van der Waals surface area contributed by atoms with Crippen molar-refractivity contribution in [2.45, 2.75) is 31.8 Å². The van der Waals surface area contributed by atoms with Crippen LogP contribution in [0.4, 0.5) is 5.95 Å². The number of H-pyrrole nitrogens is 1. The van der Waals surface area contributed by atoms with E-state index in [-0.39, 0.29) is 17.5 Å². The van der Waals surface area contributed by atoms with E-state index in [2.05, 4.69) is 20.4 Å². The summed E-state index contributed by atoms with van der Waals surface area (Å²) in [5.74, 6) is 1.33. The van der Waals surface area contributed by atoms with Crippen LogP contribution in [0.5, 0.6) is 5.75 Å². The molecule has 8 heteroatoms. The number of aromatic nitrogens is 4. The van der Waals surface area contributed by atoms with Gasteiger partial charge in [-0.15, -0.1) is 0 Å². The average molecular weight is 386 g/mol. The molecular weight excluding hydrogens is 366 g/mol. The molecule has 0 spiro atoms. The number of rotatable bonds is 5. The molecule has 4 rings (SSSR count). The number of nitrogens with zero attached hydrogens (tertiary/aromatic N) is 3. The van der Waals surface area contributed by atoms with E-state index in [4.69, 9.17) is 16.3 Å². The van der Waals surface area contributed by atoms with Gasteiger partial charge in [-0.3, -0.25) is 14.5 Å². The Kier molecular flexibility index (Phi) is 4.85. The highest BCUT2D eigenvalue weighted by Gasteiger charge is 2.22. The van der Waals surface area contributed by atoms with E-state index in [9.17, 15) is 4.79 Å². The Balaban J connectivity index is 1.55. The minimum Gasteiger partial charge on any atom is -0.493 e. The number of nitrogens with one attached hydrogen (secondary N) is 2. The Hall–Kier alpha value is -2.80. The molecule has 0 saturated heterocycles. The average Bonchev–Trinajstić information content (AvgIpc) is 3.06. The fourth-order valence-electron chi connectivity index (χ4n) is 3.27. The van der Waals surface area contributed by atoms with Crippen molar-refractivity contribution in [2.75, 3.05) is 11.9 Å². The molecule has 2 atom stereocenters. The summed E-state index contributed by atoms with van der Waals surface area (Å²) in [4.78, 5) is 19.6. The molecule has 0 amide bonds. The van der Waals surface area contributed by atoms with Crippen LogP contribution in [0.15, 0.2) is 47.5 Å². The molecule has 1 aliphatic heterocycles. The fourth-order valence-corrected chi connectivity index (χ4v) is 3.42. The Bertz CT molecular complexity index is 1000. The Morgan fingerprint density at radius 1 is 1.44 bits per heavy atom. The number of para-hydroxylation sites is 1. The van der Waals surface area contributed by atoms with Gasteiger partial charge in [0.15, 0.2) is 0 Å². The van der Waals surface area contributed by atoms with E-state index in [1.807, 2.05) is 31.2 Å². The topological polar surface area (TPSA) is 84.8 Å². The number of hydrogen-bond donors (Lipinski definition) is 2. The molecule has 140 valence electrons. The lowest BCUT2D eigenvalue weighted by Crippen LogP contribution is -2.23. The molecular formula is C19H20ClN5O2. The second-order valence-electron chi connectivity index (χ2n) is 6.67. The molecule has 0 unspecified atom stereocenters. The first-order valence-electron chi connectivity index (χ1n) is 8.86. The molecule has 0 saturated carbocycles. The van der Waals surface area contributed by atoms with Gasteiger partial charge in [0.2, 0.25) is 5.95 Å². The zero-order valence-electron chi connectivity index (χ0n) is 14.9. The van der Waals surface area contributed by atoms with Crippen molar-refractivity contribution in [1.29, 1.82) is 0 Å².